The van der Waals surface area contributed by atoms with Gasteiger partial charge in [-0.2, -0.15) is 0 Å². The Morgan fingerprint density at radius 1 is 0.905 bits per heavy atom. The Balaban J connectivity index is 1.79. The summed E-state index contributed by atoms with van der Waals surface area (Å²) in [7, 11) is 0. The van der Waals surface area contributed by atoms with Gasteiger partial charge in [0.25, 0.3) is 0 Å². The molecule has 0 aliphatic carbocycles. The van der Waals surface area contributed by atoms with E-state index in [1.165, 1.54) is 18.5 Å². The third kappa shape index (κ3) is 3.28. The average Bonchev–Trinajstić information content (AvgIpc) is 3.01. The summed E-state index contributed by atoms with van der Waals surface area (Å²) in [4.78, 5) is 2.43. The summed E-state index contributed by atoms with van der Waals surface area (Å²) < 4.78 is 0. The molecule has 3 rings (SSSR count). The van der Waals surface area contributed by atoms with Crippen LogP contribution in [0.5, 0.6) is 0 Å². The first-order valence-corrected chi connectivity index (χ1v) is 8.02. The third-order valence-corrected chi connectivity index (χ3v) is 4.58. The van der Waals surface area contributed by atoms with Crippen LogP contribution >= 0.6 is 23.2 Å². The van der Waals surface area contributed by atoms with E-state index in [1.807, 2.05) is 18.2 Å². The van der Waals surface area contributed by atoms with Gasteiger partial charge in [-0.3, -0.25) is 0 Å². The summed E-state index contributed by atoms with van der Waals surface area (Å²) >= 11 is 12.5. The van der Waals surface area contributed by atoms with Gasteiger partial charge in [0.05, 0.1) is 11.4 Å². The van der Waals surface area contributed by atoms with E-state index < -0.39 is 0 Å². The van der Waals surface area contributed by atoms with Crippen LogP contribution in [0.2, 0.25) is 10.0 Å². The van der Waals surface area contributed by atoms with Crippen LogP contribution in [0.4, 0.5) is 11.4 Å². The fourth-order valence-electron chi connectivity index (χ4n) is 2.74. The molecular weight excluding hydrogens is 303 g/mol. The van der Waals surface area contributed by atoms with Crippen molar-refractivity contribution < 1.29 is 0 Å². The zero-order valence-corrected chi connectivity index (χ0v) is 13.3. The van der Waals surface area contributed by atoms with Crippen molar-refractivity contribution in [2.24, 2.45) is 0 Å². The molecule has 2 aromatic rings. The fourth-order valence-corrected chi connectivity index (χ4v) is 3.27. The molecule has 2 nitrogen and oxygen atoms in total. The smallest absolute Gasteiger partial charge is 0.0602 e. The summed E-state index contributed by atoms with van der Waals surface area (Å²) in [6, 6.07) is 14.0. The molecule has 0 atom stereocenters. The normalized spacial score (nSPS) is 14.5. The van der Waals surface area contributed by atoms with Crippen molar-refractivity contribution in [2.45, 2.75) is 19.4 Å². The predicted molar refractivity (Wildman–Crippen MR) is 91.7 cm³/mol. The first-order valence-electron chi connectivity index (χ1n) is 7.26. The summed E-state index contributed by atoms with van der Waals surface area (Å²) in [6.45, 7) is 2.89. The van der Waals surface area contributed by atoms with Crippen LogP contribution in [0, 0.1) is 0 Å². The van der Waals surface area contributed by atoms with Crippen LogP contribution in [0.15, 0.2) is 42.5 Å². The van der Waals surface area contributed by atoms with E-state index in [2.05, 4.69) is 34.5 Å². The molecule has 1 N–H and O–H groups in total. The number of nitrogens with one attached hydrogen (secondary N) is 1. The molecule has 2 aromatic carbocycles. The van der Waals surface area contributed by atoms with E-state index in [0.29, 0.717) is 16.6 Å². The van der Waals surface area contributed by atoms with Crippen molar-refractivity contribution in [1.29, 1.82) is 0 Å². The molecule has 1 saturated heterocycles. The van der Waals surface area contributed by atoms with Crippen LogP contribution in [-0.2, 0) is 6.54 Å². The zero-order chi connectivity index (χ0) is 14.7. The molecule has 21 heavy (non-hydrogen) atoms. The van der Waals surface area contributed by atoms with E-state index in [4.69, 9.17) is 23.2 Å². The molecule has 1 aliphatic rings. The van der Waals surface area contributed by atoms with Gasteiger partial charge in [0.1, 0.15) is 0 Å². The van der Waals surface area contributed by atoms with Gasteiger partial charge in [-0.1, -0.05) is 41.4 Å². The molecule has 4 heteroatoms. The molecule has 0 bridgehead atoms. The lowest BCUT2D eigenvalue weighted by Gasteiger charge is -2.22. The molecule has 1 heterocycles. The lowest BCUT2D eigenvalue weighted by Crippen LogP contribution is -2.19. The second-order valence-corrected chi connectivity index (χ2v) is 6.08. The first kappa shape index (κ1) is 14.6. The van der Waals surface area contributed by atoms with Crippen LogP contribution in [-0.4, -0.2) is 13.1 Å². The largest absolute Gasteiger partial charge is 0.379 e. The van der Waals surface area contributed by atoms with E-state index in [0.717, 1.165) is 24.3 Å². The fraction of sp³-hybridized carbons (Fsp3) is 0.294. The number of benzene rings is 2. The molecule has 1 aliphatic heterocycles. The number of para-hydroxylation sites is 2. The number of hydrogen-bond acceptors (Lipinski definition) is 2. The summed E-state index contributed by atoms with van der Waals surface area (Å²) in [6.07, 6.45) is 2.54. The molecule has 0 radical (unpaired) electrons. The van der Waals surface area contributed by atoms with Crippen molar-refractivity contribution >= 4 is 34.6 Å². The van der Waals surface area contributed by atoms with E-state index in [9.17, 15) is 0 Å². The van der Waals surface area contributed by atoms with Crippen molar-refractivity contribution in [1.82, 2.24) is 0 Å². The molecular formula is C17H18Cl2N2. The van der Waals surface area contributed by atoms with Gasteiger partial charge in [0.2, 0.25) is 0 Å². The maximum atomic E-state index is 6.23. The summed E-state index contributed by atoms with van der Waals surface area (Å²) in [5, 5.41) is 4.88. The van der Waals surface area contributed by atoms with Crippen LogP contribution < -0.4 is 10.2 Å². The first-order chi connectivity index (χ1) is 10.3. The minimum absolute atomic E-state index is 0.628. The number of anilines is 2. The van der Waals surface area contributed by atoms with Gasteiger partial charge < -0.3 is 10.2 Å². The lowest BCUT2D eigenvalue weighted by atomic mass is 10.2. The Labute approximate surface area is 135 Å². The van der Waals surface area contributed by atoms with Gasteiger partial charge in [-0.05, 0) is 37.1 Å². The molecule has 0 unspecified atom stereocenters. The Morgan fingerprint density at radius 3 is 2.29 bits per heavy atom. The van der Waals surface area contributed by atoms with Crippen LogP contribution in [0.3, 0.4) is 0 Å². The lowest BCUT2D eigenvalue weighted by molar-refractivity contribution is 0.949. The number of rotatable bonds is 4. The van der Waals surface area contributed by atoms with E-state index in [1.54, 1.807) is 0 Å². The van der Waals surface area contributed by atoms with Gasteiger partial charge in [-0.25, -0.2) is 0 Å². The monoisotopic (exact) mass is 320 g/mol. The summed E-state index contributed by atoms with van der Waals surface area (Å²) in [5.41, 5.74) is 3.34. The molecule has 0 saturated carbocycles. The highest BCUT2D eigenvalue weighted by atomic mass is 35.5. The predicted octanol–water partition coefficient (Wildman–Crippen LogP) is 5.21. The van der Waals surface area contributed by atoms with Crippen molar-refractivity contribution in [2.75, 3.05) is 23.3 Å². The minimum atomic E-state index is 0.628. The SMILES string of the molecule is Clc1cccc(Cl)c1CNc1ccccc1N1CCCC1. The Bertz CT molecular complexity index is 602. The minimum Gasteiger partial charge on any atom is -0.379 e. The molecule has 110 valence electrons. The molecule has 0 spiro atoms. The van der Waals surface area contributed by atoms with E-state index >= 15 is 0 Å². The van der Waals surface area contributed by atoms with Gasteiger partial charge in [-0.15, -0.1) is 0 Å². The maximum Gasteiger partial charge on any atom is 0.0602 e. The maximum absolute atomic E-state index is 6.23. The Morgan fingerprint density at radius 2 is 1.57 bits per heavy atom. The molecule has 0 amide bonds. The van der Waals surface area contributed by atoms with Crippen molar-refractivity contribution in [3.63, 3.8) is 0 Å². The number of nitrogens with zero attached hydrogens (tertiary/aromatic N) is 1. The second-order valence-electron chi connectivity index (χ2n) is 5.27. The summed E-state index contributed by atoms with van der Waals surface area (Å²) in [5.74, 6) is 0. The topological polar surface area (TPSA) is 15.3 Å². The van der Waals surface area contributed by atoms with Gasteiger partial charge in [0.15, 0.2) is 0 Å². The average molecular weight is 321 g/mol. The van der Waals surface area contributed by atoms with Crippen LogP contribution in [0.25, 0.3) is 0 Å². The molecule has 0 aromatic heterocycles. The Kier molecular flexibility index (Phi) is 4.57. The van der Waals surface area contributed by atoms with Crippen LogP contribution in [0.1, 0.15) is 18.4 Å². The molecule has 1 fully saturated rings. The van der Waals surface area contributed by atoms with E-state index in [-0.39, 0.29) is 0 Å². The van der Waals surface area contributed by atoms with Gasteiger partial charge in [0, 0.05) is 35.2 Å². The highest BCUT2D eigenvalue weighted by Gasteiger charge is 2.15. The number of halogens is 2. The Hall–Kier alpha value is -1.38. The standard InChI is InChI=1S/C17H18Cl2N2/c18-14-6-5-7-15(19)13(14)12-20-16-8-1-2-9-17(16)21-10-3-4-11-21/h1-2,5-9,20H,3-4,10-12H2. The van der Waals surface area contributed by atoms with Crippen molar-refractivity contribution in [3.05, 3.63) is 58.1 Å². The quantitative estimate of drug-likeness (QED) is 0.832. The second kappa shape index (κ2) is 6.59. The zero-order valence-electron chi connectivity index (χ0n) is 11.8. The third-order valence-electron chi connectivity index (χ3n) is 3.87. The number of hydrogen-bond donors (Lipinski definition) is 1. The van der Waals surface area contributed by atoms with Gasteiger partial charge >= 0.3 is 0 Å². The highest BCUT2D eigenvalue weighted by Crippen LogP contribution is 2.30. The van der Waals surface area contributed by atoms with Crippen molar-refractivity contribution in [3.8, 4) is 0 Å². The highest BCUT2D eigenvalue weighted by molar-refractivity contribution is 6.36.